The van der Waals surface area contributed by atoms with Gasteiger partial charge in [0, 0.05) is 0 Å². The van der Waals surface area contributed by atoms with Crippen LogP contribution in [0.2, 0.25) is 19.6 Å². The smallest absolute Gasteiger partial charge is 0.419 e. The maximum absolute atomic E-state index is 8.99. The van der Waals surface area contributed by atoms with Gasteiger partial charge in [-0.05, 0) is 19.6 Å². The van der Waals surface area contributed by atoms with E-state index >= 15 is 0 Å². The summed E-state index contributed by atoms with van der Waals surface area (Å²) in [4.78, 5) is 17.3. The van der Waals surface area contributed by atoms with Gasteiger partial charge in [0.2, 0.25) is 0 Å². The highest BCUT2D eigenvalue weighted by atomic mass is 28.4. The molecule has 10 heavy (non-hydrogen) atoms. The molecule has 0 rings (SSSR count). The van der Waals surface area contributed by atoms with Crippen LogP contribution in [0.5, 0.6) is 0 Å². The van der Waals surface area contributed by atoms with Crippen molar-refractivity contribution in [1.82, 2.24) is 0 Å². The third kappa shape index (κ3) is 6.61. The molecule has 2 N–H and O–H groups in total. The molecule has 0 bridgehead atoms. The molecule has 0 radical (unpaired) electrons. The summed E-state index contributed by atoms with van der Waals surface area (Å²) in [6.07, 6.45) is 0. The normalized spacial score (nSPS) is 16.5. The van der Waals surface area contributed by atoms with E-state index in [1.807, 2.05) is 19.6 Å². The lowest BCUT2D eigenvalue weighted by atomic mass is 11.8. The second kappa shape index (κ2) is 4.39. The SMILES string of the molecule is C[Si](C)(C)O[SiH](O)O[SiH2]O. The van der Waals surface area contributed by atoms with Crippen molar-refractivity contribution in [2.45, 2.75) is 19.6 Å². The number of hydrogen-bond donors (Lipinski definition) is 2. The van der Waals surface area contributed by atoms with Crippen molar-refractivity contribution in [3.63, 3.8) is 0 Å². The van der Waals surface area contributed by atoms with Gasteiger partial charge in [0.15, 0.2) is 8.32 Å². The van der Waals surface area contributed by atoms with Gasteiger partial charge in [-0.2, -0.15) is 0 Å². The van der Waals surface area contributed by atoms with E-state index in [1.165, 1.54) is 0 Å². The Morgan fingerprint density at radius 3 is 2.20 bits per heavy atom. The maximum atomic E-state index is 8.99. The number of rotatable bonds is 4. The van der Waals surface area contributed by atoms with Crippen LogP contribution in [-0.2, 0) is 8.23 Å². The van der Waals surface area contributed by atoms with Crippen LogP contribution in [0, 0.1) is 0 Å². The first-order valence-electron chi connectivity index (χ1n) is 3.04. The Morgan fingerprint density at radius 1 is 1.40 bits per heavy atom. The minimum atomic E-state index is -2.45. The first-order valence-corrected chi connectivity index (χ1v) is 9.12. The lowest BCUT2D eigenvalue weighted by Crippen LogP contribution is -2.37. The summed E-state index contributed by atoms with van der Waals surface area (Å²) in [5.74, 6) is 0. The maximum Gasteiger partial charge on any atom is 0.461 e. The molecule has 0 saturated carbocycles. The van der Waals surface area contributed by atoms with Crippen LogP contribution in [0.25, 0.3) is 0 Å². The van der Waals surface area contributed by atoms with E-state index < -0.39 is 27.9 Å². The second-order valence-electron chi connectivity index (χ2n) is 2.83. The van der Waals surface area contributed by atoms with Crippen LogP contribution >= 0.6 is 0 Å². The molecular formula is C3H14O4Si3. The Morgan fingerprint density at radius 2 is 1.90 bits per heavy atom. The Balaban J connectivity index is 3.47. The van der Waals surface area contributed by atoms with Crippen LogP contribution in [0.4, 0.5) is 0 Å². The van der Waals surface area contributed by atoms with Crippen LogP contribution in [0.1, 0.15) is 0 Å². The van der Waals surface area contributed by atoms with Crippen molar-refractivity contribution >= 4 is 27.9 Å². The van der Waals surface area contributed by atoms with Gasteiger partial charge in [-0.1, -0.05) is 0 Å². The largest absolute Gasteiger partial charge is 0.461 e. The fourth-order valence-corrected chi connectivity index (χ4v) is 4.21. The molecule has 0 aromatic carbocycles. The van der Waals surface area contributed by atoms with E-state index in [0.29, 0.717) is 0 Å². The first-order chi connectivity index (χ1) is 4.45. The van der Waals surface area contributed by atoms with E-state index in [4.69, 9.17) is 13.7 Å². The number of hydrogen-bond acceptors (Lipinski definition) is 4. The highest BCUT2D eigenvalue weighted by Crippen LogP contribution is 2.03. The summed E-state index contributed by atoms with van der Waals surface area (Å²) >= 11 is 0. The zero-order valence-corrected chi connectivity index (χ0v) is 10.1. The first kappa shape index (κ1) is 10.5. The molecule has 0 saturated heterocycles. The topological polar surface area (TPSA) is 58.9 Å². The summed E-state index contributed by atoms with van der Waals surface area (Å²) in [5, 5.41) is 0. The summed E-state index contributed by atoms with van der Waals surface area (Å²) in [6, 6.07) is 0. The van der Waals surface area contributed by atoms with Crippen molar-refractivity contribution in [1.29, 1.82) is 0 Å². The molecule has 0 heterocycles. The predicted molar refractivity (Wildman–Crippen MR) is 45.6 cm³/mol. The Bertz CT molecular complexity index is 92.2. The molecule has 4 nitrogen and oxygen atoms in total. The summed E-state index contributed by atoms with van der Waals surface area (Å²) in [5.41, 5.74) is 0. The molecule has 0 fully saturated rings. The molecule has 1 atom stereocenters. The minimum absolute atomic E-state index is 1.49. The quantitative estimate of drug-likeness (QED) is 0.543. The van der Waals surface area contributed by atoms with Crippen molar-refractivity contribution < 1.29 is 17.8 Å². The minimum Gasteiger partial charge on any atom is -0.419 e. The van der Waals surface area contributed by atoms with Gasteiger partial charge < -0.3 is 17.8 Å². The van der Waals surface area contributed by atoms with Crippen molar-refractivity contribution in [3.8, 4) is 0 Å². The second-order valence-corrected chi connectivity index (χ2v) is 10.2. The molecule has 0 aliphatic carbocycles. The van der Waals surface area contributed by atoms with Crippen molar-refractivity contribution in [3.05, 3.63) is 0 Å². The standard InChI is InChI=1S/C3H14O4Si3/c1-10(2,3)7-9(5)6-8-4/h4-5,9H,8H2,1-3H3. The van der Waals surface area contributed by atoms with E-state index in [0.717, 1.165) is 0 Å². The van der Waals surface area contributed by atoms with Gasteiger partial charge in [0.1, 0.15) is 0 Å². The monoisotopic (exact) mass is 198 g/mol. The zero-order valence-electron chi connectivity index (χ0n) is 6.50. The molecule has 0 aromatic rings. The van der Waals surface area contributed by atoms with Gasteiger partial charge >= 0.3 is 9.53 Å². The summed E-state index contributed by atoms with van der Waals surface area (Å²) < 4.78 is 9.78. The van der Waals surface area contributed by atoms with Gasteiger partial charge in [-0.15, -0.1) is 0 Å². The average Bonchev–Trinajstić information content (AvgIpc) is 1.59. The molecule has 0 amide bonds. The lowest BCUT2D eigenvalue weighted by molar-refractivity contribution is 0.281. The van der Waals surface area contributed by atoms with Crippen LogP contribution in [0.15, 0.2) is 0 Å². The van der Waals surface area contributed by atoms with E-state index in [-0.39, 0.29) is 0 Å². The Hall–Kier alpha value is 0.491. The average molecular weight is 198 g/mol. The van der Waals surface area contributed by atoms with Crippen LogP contribution in [-0.4, -0.2) is 37.4 Å². The van der Waals surface area contributed by atoms with Crippen molar-refractivity contribution in [2.75, 3.05) is 0 Å². The highest BCUT2D eigenvalue weighted by molar-refractivity contribution is 6.75. The summed E-state index contributed by atoms with van der Waals surface area (Å²) in [6.45, 7) is 5.89. The molecule has 7 heteroatoms. The van der Waals surface area contributed by atoms with Gasteiger partial charge in [0.25, 0.3) is 10.0 Å². The predicted octanol–water partition coefficient (Wildman–Crippen LogP) is -1.44. The molecule has 1 unspecified atom stereocenters. The van der Waals surface area contributed by atoms with Gasteiger partial charge in [0.05, 0.1) is 0 Å². The zero-order chi connectivity index (χ0) is 8.20. The Labute approximate surface area is 66.0 Å². The van der Waals surface area contributed by atoms with Crippen LogP contribution in [0.3, 0.4) is 0 Å². The molecule has 0 aliphatic heterocycles. The van der Waals surface area contributed by atoms with Gasteiger partial charge in [-0.3, -0.25) is 0 Å². The molecule has 0 aliphatic rings. The fraction of sp³-hybridized carbons (Fsp3) is 1.00. The lowest BCUT2D eigenvalue weighted by Gasteiger charge is -2.20. The molecular weight excluding hydrogens is 184 g/mol. The van der Waals surface area contributed by atoms with Crippen LogP contribution < -0.4 is 0 Å². The Kier molecular flexibility index (Phi) is 4.60. The molecule has 62 valence electrons. The van der Waals surface area contributed by atoms with Crippen molar-refractivity contribution in [2.24, 2.45) is 0 Å². The van der Waals surface area contributed by atoms with E-state index in [2.05, 4.69) is 4.12 Å². The third-order valence-electron chi connectivity index (χ3n) is 0.671. The fourth-order valence-electron chi connectivity index (χ4n) is 0.400. The third-order valence-corrected chi connectivity index (χ3v) is 6.04. The highest BCUT2D eigenvalue weighted by Gasteiger charge is 2.21. The van der Waals surface area contributed by atoms with Gasteiger partial charge in [-0.25, -0.2) is 0 Å². The molecule has 0 aromatic heterocycles. The summed E-state index contributed by atoms with van der Waals surface area (Å²) in [7, 11) is -5.61. The van der Waals surface area contributed by atoms with E-state index in [9.17, 15) is 0 Å². The van der Waals surface area contributed by atoms with E-state index in [1.54, 1.807) is 0 Å². The molecule has 0 spiro atoms.